The molecule has 2 aromatic carbocycles. The smallest absolute Gasteiger partial charge is 0.230 e. The minimum atomic E-state index is -0.581. The molecule has 178 valence electrons. The van der Waals surface area contributed by atoms with Gasteiger partial charge in [-0.3, -0.25) is 4.79 Å². The number of hydrogen-bond donors (Lipinski definition) is 1. The van der Waals surface area contributed by atoms with Crippen LogP contribution < -0.4 is 19.5 Å². The first-order valence-electron chi connectivity index (χ1n) is 11.8. The second-order valence-corrected chi connectivity index (χ2v) is 9.16. The molecule has 1 aliphatic heterocycles. The fraction of sp³-hybridized carbons (Fsp3) is 0.519. The predicted molar refractivity (Wildman–Crippen MR) is 127 cm³/mol. The Morgan fingerprint density at radius 3 is 2.09 bits per heavy atom. The predicted octanol–water partition coefficient (Wildman–Crippen LogP) is 4.39. The van der Waals surface area contributed by atoms with Crippen molar-refractivity contribution in [3.8, 4) is 17.2 Å². The van der Waals surface area contributed by atoms with Crippen LogP contribution in [0.25, 0.3) is 0 Å². The number of ether oxygens (including phenoxy) is 4. The van der Waals surface area contributed by atoms with Crippen molar-refractivity contribution in [1.29, 1.82) is 0 Å². The van der Waals surface area contributed by atoms with Gasteiger partial charge in [-0.05, 0) is 61.1 Å². The van der Waals surface area contributed by atoms with Gasteiger partial charge in [0.1, 0.15) is 5.75 Å². The molecule has 0 bridgehead atoms. The van der Waals surface area contributed by atoms with Gasteiger partial charge in [-0.25, -0.2) is 0 Å². The van der Waals surface area contributed by atoms with Crippen molar-refractivity contribution in [2.24, 2.45) is 0 Å². The summed E-state index contributed by atoms with van der Waals surface area (Å²) in [7, 11) is 4.96. The lowest BCUT2D eigenvalue weighted by Crippen LogP contribution is -2.51. The summed E-state index contributed by atoms with van der Waals surface area (Å²) in [4.78, 5) is 13.8. The summed E-state index contributed by atoms with van der Waals surface area (Å²) in [5, 5.41) is 3.37. The van der Waals surface area contributed by atoms with Gasteiger partial charge in [-0.2, -0.15) is 0 Å². The van der Waals surface area contributed by atoms with Crippen LogP contribution in [0.15, 0.2) is 42.5 Å². The number of nitrogens with one attached hydrogen (secondary N) is 1. The van der Waals surface area contributed by atoms with Gasteiger partial charge < -0.3 is 24.3 Å². The first kappa shape index (κ1) is 23.4. The average Bonchev–Trinajstić information content (AvgIpc) is 3.37. The zero-order valence-corrected chi connectivity index (χ0v) is 19.9. The molecule has 0 radical (unpaired) electrons. The first-order chi connectivity index (χ1) is 16.1. The zero-order chi connectivity index (χ0) is 23.3. The molecule has 0 unspecified atom stereocenters. The molecule has 1 saturated heterocycles. The summed E-state index contributed by atoms with van der Waals surface area (Å²) in [5.41, 5.74) is 1.54. The maximum Gasteiger partial charge on any atom is 0.230 e. The van der Waals surface area contributed by atoms with E-state index in [1.807, 2.05) is 30.3 Å². The maximum atomic E-state index is 13.8. The lowest BCUT2D eigenvalue weighted by Gasteiger charge is -2.38. The molecule has 0 aromatic heterocycles. The van der Waals surface area contributed by atoms with Crippen LogP contribution >= 0.6 is 0 Å². The van der Waals surface area contributed by atoms with Crippen LogP contribution in [0.5, 0.6) is 17.2 Å². The molecular formula is C27H35NO5. The van der Waals surface area contributed by atoms with Crippen molar-refractivity contribution < 1.29 is 23.7 Å². The Morgan fingerprint density at radius 1 is 0.848 bits per heavy atom. The maximum absolute atomic E-state index is 13.8. The van der Waals surface area contributed by atoms with Crippen molar-refractivity contribution in [3.63, 3.8) is 0 Å². The topological polar surface area (TPSA) is 66.0 Å². The number of carbonyl (C=O) groups is 1. The first-order valence-corrected chi connectivity index (χ1v) is 11.8. The van der Waals surface area contributed by atoms with Crippen LogP contribution in [0.4, 0.5) is 0 Å². The summed E-state index contributed by atoms with van der Waals surface area (Å²) in [6.45, 7) is 1.78. The Kier molecular flexibility index (Phi) is 7.13. The van der Waals surface area contributed by atoms with E-state index in [4.69, 9.17) is 18.9 Å². The van der Waals surface area contributed by atoms with E-state index in [1.165, 1.54) is 5.56 Å². The van der Waals surface area contributed by atoms with E-state index in [-0.39, 0.29) is 11.3 Å². The molecular weight excluding hydrogens is 418 g/mol. The largest absolute Gasteiger partial charge is 0.497 e. The molecule has 1 aliphatic carbocycles. The number of methoxy groups -OCH3 is 3. The molecule has 1 heterocycles. The SMILES string of the molecule is COc1ccc(C2(C(=O)NCC3(c4ccc(OC)c(OC)c4)CCCC3)CCOCC2)cc1. The molecule has 6 heteroatoms. The highest BCUT2D eigenvalue weighted by Crippen LogP contribution is 2.44. The van der Waals surface area contributed by atoms with Crippen LogP contribution in [-0.2, 0) is 20.4 Å². The fourth-order valence-electron chi connectivity index (χ4n) is 5.48. The third-order valence-corrected chi connectivity index (χ3v) is 7.57. The Labute approximate surface area is 196 Å². The van der Waals surface area contributed by atoms with Gasteiger partial charge in [0.05, 0.1) is 26.7 Å². The molecule has 2 fully saturated rings. The summed E-state index contributed by atoms with van der Waals surface area (Å²) in [6.07, 6.45) is 5.75. The Morgan fingerprint density at radius 2 is 1.48 bits per heavy atom. The molecule has 0 atom stereocenters. The number of rotatable bonds is 8. The number of carbonyl (C=O) groups excluding carboxylic acids is 1. The third kappa shape index (κ3) is 4.54. The normalized spacial score (nSPS) is 19.0. The van der Waals surface area contributed by atoms with Gasteiger partial charge in [-0.1, -0.05) is 31.0 Å². The van der Waals surface area contributed by atoms with E-state index >= 15 is 0 Å². The second-order valence-electron chi connectivity index (χ2n) is 9.16. The second kappa shape index (κ2) is 10.0. The standard InChI is InChI=1S/C27H35NO5/c1-30-22-9-6-20(7-10-22)27(14-16-33-17-15-27)25(29)28-19-26(12-4-5-13-26)21-8-11-23(31-2)24(18-21)32-3/h6-11,18H,4-5,12-17,19H2,1-3H3,(H,28,29). The van der Waals surface area contributed by atoms with E-state index < -0.39 is 5.41 Å². The number of amides is 1. The highest BCUT2D eigenvalue weighted by Gasteiger charge is 2.43. The lowest BCUT2D eigenvalue weighted by molar-refractivity contribution is -0.130. The van der Waals surface area contributed by atoms with Gasteiger partial charge in [0, 0.05) is 25.2 Å². The molecule has 1 N–H and O–H groups in total. The summed E-state index contributed by atoms with van der Waals surface area (Å²) in [6, 6.07) is 14.1. The Hall–Kier alpha value is -2.73. The third-order valence-electron chi connectivity index (χ3n) is 7.57. The van der Waals surface area contributed by atoms with Crippen LogP contribution in [-0.4, -0.2) is 47.0 Å². The van der Waals surface area contributed by atoms with Crippen molar-refractivity contribution in [2.45, 2.75) is 49.4 Å². The minimum absolute atomic E-state index is 0.0859. The van der Waals surface area contributed by atoms with Gasteiger partial charge >= 0.3 is 0 Å². The quantitative estimate of drug-likeness (QED) is 0.642. The van der Waals surface area contributed by atoms with Crippen LogP contribution in [0, 0.1) is 0 Å². The molecule has 33 heavy (non-hydrogen) atoms. The monoisotopic (exact) mass is 453 g/mol. The van der Waals surface area contributed by atoms with Gasteiger partial charge in [-0.15, -0.1) is 0 Å². The summed E-state index contributed by atoms with van der Waals surface area (Å²) < 4.78 is 21.9. The fourth-order valence-corrected chi connectivity index (χ4v) is 5.48. The van der Waals surface area contributed by atoms with Crippen molar-refractivity contribution in [3.05, 3.63) is 53.6 Å². The van der Waals surface area contributed by atoms with Crippen LogP contribution in [0.1, 0.15) is 49.7 Å². The number of benzene rings is 2. The number of hydrogen-bond acceptors (Lipinski definition) is 5. The van der Waals surface area contributed by atoms with E-state index in [0.717, 1.165) is 48.5 Å². The van der Waals surface area contributed by atoms with E-state index in [9.17, 15) is 4.79 Å². The molecule has 4 rings (SSSR count). The highest BCUT2D eigenvalue weighted by molar-refractivity contribution is 5.88. The van der Waals surface area contributed by atoms with Gasteiger partial charge in [0.2, 0.25) is 5.91 Å². The highest BCUT2D eigenvalue weighted by atomic mass is 16.5. The van der Waals surface area contributed by atoms with Gasteiger partial charge in [0.15, 0.2) is 11.5 Å². The minimum Gasteiger partial charge on any atom is -0.497 e. The summed E-state index contributed by atoms with van der Waals surface area (Å²) in [5.74, 6) is 2.33. The van der Waals surface area contributed by atoms with Crippen molar-refractivity contribution in [1.82, 2.24) is 5.32 Å². The molecule has 1 amide bonds. The molecule has 2 aliphatic rings. The average molecular weight is 454 g/mol. The van der Waals surface area contributed by atoms with E-state index in [1.54, 1.807) is 21.3 Å². The van der Waals surface area contributed by atoms with Crippen molar-refractivity contribution >= 4 is 5.91 Å². The van der Waals surface area contributed by atoms with Gasteiger partial charge in [0.25, 0.3) is 0 Å². The summed E-state index contributed by atoms with van der Waals surface area (Å²) >= 11 is 0. The Balaban J connectivity index is 1.58. The van der Waals surface area contributed by atoms with Crippen LogP contribution in [0.2, 0.25) is 0 Å². The molecule has 0 spiro atoms. The molecule has 2 aromatic rings. The van der Waals surface area contributed by atoms with Crippen molar-refractivity contribution in [2.75, 3.05) is 41.1 Å². The Bertz CT molecular complexity index is 943. The lowest BCUT2D eigenvalue weighted by atomic mass is 9.72. The van der Waals surface area contributed by atoms with E-state index in [0.29, 0.717) is 32.6 Å². The van der Waals surface area contributed by atoms with E-state index in [2.05, 4.69) is 17.4 Å². The molecule has 6 nitrogen and oxygen atoms in total. The van der Waals surface area contributed by atoms with Crippen LogP contribution in [0.3, 0.4) is 0 Å². The zero-order valence-electron chi connectivity index (χ0n) is 19.9. The molecule has 1 saturated carbocycles.